The Bertz CT molecular complexity index is 226. The maximum atomic E-state index is 11.6. The SMILES string of the molecule is COCCN1CC2(CCNC2)NC1=O. The lowest BCUT2D eigenvalue weighted by atomic mass is 10.0. The van der Waals surface area contributed by atoms with Crippen LogP contribution in [0.5, 0.6) is 0 Å². The molecule has 1 unspecified atom stereocenters. The first-order valence-corrected chi connectivity index (χ1v) is 5.02. The van der Waals surface area contributed by atoms with Gasteiger partial charge in [0.15, 0.2) is 0 Å². The number of carbonyl (C=O) groups excluding carboxylic acids is 1. The van der Waals surface area contributed by atoms with Crippen molar-refractivity contribution in [1.29, 1.82) is 0 Å². The zero-order valence-electron chi connectivity index (χ0n) is 8.51. The molecule has 2 amide bonds. The molecular weight excluding hydrogens is 182 g/mol. The van der Waals surface area contributed by atoms with Crippen LogP contribution in [0, 0.1) is 0 Å². The maximum Gasteiger partial charge on any atom is 0.318 e. The molecule has 2 aliphatic rings. The molecule has 0 bridgehead atoms. The summed E-state index contributed by atoms with van der Waals surface area (Å²) in [5.41, 5.74) is -0.00910. The van der Waals surface area contributed by atoms with Crippen molar-refractivity contribution in [3.63, 3.8) is 0 Å². The number of hydrogen-bond donors (Lipinski definition) is 2. The van der Waals surface area contributed by atoms with Gasteiger partial charge in [-0.25, -0.2) is 4.79 Å². The van der Waals surface area contributed by atoms with E-state index in [1.807, 2.05) is 4.90 Å². The van der Waals surface area contributed by atoms with Gasteiger partial charge in [-0.3, -0.25) is 0 Å². The first-order valence-electron chi connectivity index (χ1n) is 5.02. The highest BCUT2D eigenvalue weighted by atomic mass is 16.5. The second kappa shape index (κ2) is 3.74. The number of amides is 2. The van der Waals surface area contributed by atoms with Crippen LogP contribution in [-0.2, 0) is 4.74 Å². The smallest absolute Gasteiger partial charge is 0.318 e. The number of methoxy groups -OCH3 is 1. The van der Waals surface area contributed by atoms with Crippen molar-refractivity contribution in [3.8, 4) is 0 Å². The third-order valence-corrected chi connectivity index (χ3v) is 2.96. The first-order chi connectivity index (χ1) is 6.76. The average molecular weight is 199 g/mol. The molecule has 2 aliphatic heterocycles. The fraction of sp³-hybridized carbons (Fsp3) is 0.889. The summed E-state index contributed by atoms with van der Waals surface area (Å²) in [6.07, 6.45) is 1.03. The fourth-order valence-electron chi connectivity index (χ4n) is 2.15. The molecule has 0 saturated carbocycles. The van der Waals surface area contributed by atoms with Crippen LogP contribution >= 0.6 is 0 Å². The molecule has 2 rings (SSSR count). The minimum Gasteiger partial charge on any atom is -0.383 e. The zero-order chi connectivity index (χ0) is 10.0. The molecule has 0 aromatic heterocycles. The largest absolute Gasteiger partial charge is 0.383 e. The molecule has 2 heterocycles. The van der Waals surface area contributed by atoms with Gasteiger partial charge in [0.1, 0.15) is 0 Å². The van der Waals surface area contributed by atoms with Crippen LogP contribution in [0.15, 0.2) is 0 Å². The number of ether oxygens (including phenoxy) is 1. The van der Waals surface area contributed by atoms with Crippen LogP contribution in [0.3, 0.4) is 0 Å². The molecule has 14 heavy (non-hydrogen) atoms. The quantitative estimate of drug-likeness (QED) is 0.637. The van der Waals surface area contributed by atoms with Crippen molar-refractivity contribution >= 4 is 6.03 Å². The predicted molar refractivity (Wildman–Crippen MR) is 52.2 cm³/mol. The van der Waals surface area contributed by atoms with Crippen molar-refractivity contribution in [3.05, 3.63) is 0 Å². The summed E-state index contributed by atoms with van der Waals surface area (Å²) in [6, 6.07) is 0.0470. The number of carbonyl (C=O) groups is 1. The zero-order valence-corrected chi connectivity index (χ0v) is 8.51. The highest BCUT2D eigenvalue weighted by Gasteiger charge is 2.43. The van der Waals surface area contributed by atoms with E-state index in [1.54, 1.807) is 7.11 Å². The summed E-state index contributed by atoms with van der Waals surface area (Å²) in [5, 5.41) is 6.34. The Labute approximate surface area is 83.8 Å². The Kier molecular flexibility index (Phi) is 2.60. The van der Waals surface area contributed by atoms with Crippen LogP contribution in [-0.4, -0.2) is 56.4 Å². The van der Waals surface area contributed by atoms with E-state index in [9.17, 15) is 4.79 Å². The van der Waals surface area contributed by atoms with E-state index in [0.717, 1.165) is 26.1 Å². The number of nitrogens with one attached hydrogen (secondary N) is 2. The van der Waals surface area contributed by atoms with Crippen molar-refractivity contribution in [2.45, 2.75) is 12.0 Å². The summed E-state index contributed by atoms with van der Waals surface area (Å²) < 4.78 is 4.97. The van der Waals surface area contributed by atoms with Crippen LogP contribution in [0.1, 0.15) is 6.42 Å². The van der Waals surface area contributed by atoms with Crippen molar-refractivity contribution in [2.75, 3.05) is 39.9 Å². The normalized spacial score (nSPS) is 31.5. The highest BCUT2D eigenvalue weighted by Crippen LogP contribution is 2.21. The Morgan fingerprint density at radius 3 is 3.14 bits per heavy atom. The van der Waals surface area contributed by atoms with Crippen LogP contribution in [0.4, 0.5) is 4.79 Å². The van der Waals surface area contributed by atoms with Gasteiger partial charge in [0.25, 0.3) is 0 Å². The third kappa shape index (κ3) is 1.69. The van der Waals surface area contributed by atoms with Gasteiger partial charge in [-0.2, -0.15) is 0 Å². The van der Waals surface area contributed by atoms with Gasteiger partial charge >= 0.3 is 6.03 Å². The lowest BCUT2D eigenvalue weighted by molar-refractivity contribution is 0.159. The fourth-order valence-corrected chi connectivity index (χ4v) is 2.15. The Hall–Kier alpha value is -0.810. The molecule has 0 aliphatic carbocycles. The van der Waals surface area contributed by atoms with E-state index in [1.165, 1.54) is 0 Å². The van der Waals surface area contributed by atoms with Gasteiger partial charge < -0.3 is 20.3 Å². The minimum absolute atomic E-state index is 0.00910. The molecular formula is C9H17N3O2. The second-order valence-electron chi connectivity index (χ2n) is 4.05. The predicted octanol–water partition coefficient (Wildman–Crippen LogP) is -0.610. The number of rotatable bonds is 3. The first kappa shape index (κ1) is 9.73. The molecule has 5 heteroatoms. The van der Waals surface area contributed by atoms with Crippen LogP contribution in [0.25, 0.3) is 0 Å². The van der Waals surface area contributed by atoms with E-state index < -0.39 is 0 Å². The summed E-state index contributed by atoms with van der Waals surface area (Å²) in [7, 11) is 1.65. The Balaban J connectivity index is 1.92. The van der Waals surface area contributed by atoms with Crippen molar-refractivity contribution < 1.29 is 9.53 Å². The van der Waals surface area contributed by atoms with Gasteiger partial charge in [-0.15, -0.1) is 0 Å². The average Bonchev–Trinajstić information content (AvgIpc) is 2.72. The Morgan fingerprint density at radius 1 is 1.64 bits per heavy atom. The topological polar surface area (TPSA) is 53.6 Å². The third-order valence-electron chi connectivity index (χ3n) is 2.96. The number of nitrogens with zero attached hydrogens (tertiary/aromatic N) is 1. The van der Waals surface area contributed by atoms with E-state index in [0.29, 0.717) is 13.2 Å². The summed E-state index contributed by atoms with van der Waals surface area (Å²) in [4.78, 5) is 13.4. The van der Waals surface area contributed by atoms with Gasteiger partial charge in [-0.1, -0.05) is 0 Å². The second-order valence-corrected chi connectivity index (χ2v) is 4.05. The lowest BCUT2D eigenvalue weighted by Crippen LogP contribution is -2.45. The number of urea groups is 1. The van der Waals surface area contributed by atoms with E-state index >= 15 is 0 Å². The minimum atomic E-state index is -0.00910. The van der Waals surface area contributed by atoms with Crippen molar-refractivity contribution in [2.24, 2.45) is 0 Å². The van der Waals surface area contributed by atoms with Crippen molar-refractivity contribution in [1.82, 2.24) is 15.5 Å². The molecule has 80 valence electrons. The van der Waals surface area contributed by atoms with Crippen LogP contribution in [0.2, 0.25) is 0 Å². The van der Waals surface area contributed by atoms with E-state index in [-0.39, 0.29) is 11.6 Å². The molecule has 2 saturated heterocycles. The molecule has 5 nitrogen and oxygen atoms in total. The monoisotopic (exact) mass is 199 g/mol. The van der Waals surface area contributed by atoms with Gasteiger partial charge in [0.2, 0.25) is 0 Å². The highest BCUT2D eigenvalue weighted by molar-refractivity contribution is 5.78. The van der Waals surface area contributed by atoms with E-state index in [2.05, 4.69) is 10.6 Å². The molecule has 1 spiro atoms. The van der Waals surface area contributed by atoms with Gasteiger partial charge in [-0.05, 0) is 13.0 Å². The molecule has 0 radical (unpaired) electrons. The van der Waals surface area contributed by atoms with Crippen LogP contribution < -0.4 is 10.6 Å². The van der Waals surface area contributed by atoms with E-state index in [4.69, 9.17) is 4.74 Å². The summed E-state index contributed by atoms with van der Waals surface area (Å²) in [5.74, 6) is 0. The Morgan fingerprint density at radius 2 is 2.50 bits per heavy atom. The summed E-state index contributed by atoms with van der Waals surface area (Å²) >= 11 is 0. The molecule has 0 aromatic rings. The van der Waals surface area contributed by atoms with Gasteiger partial charge in [0.05, 0.1) is 12.1 Å². The molecule has 2 N–H and O–H groups in total. The standard InChI is InChI=1S/C9H17N3O2/c1-14-5-4-12-7-9(11-8(12)13)2-3-10-6-9/h10H,2-7H2,1H3,(H,11,13). The number of hydrogen-bond acceptors (Lipinski definition) is 3. The summed E-state index contributed by atoms with van der Waals surface area (Å²) in [6.45, 7) is 3.99. The molecule has 2 fully saturated rings. The maximum absolute atomic E-state index is 11.6. The molecule has 1 atom stereocenters. The molecule has 0 aromatic carbocycles. The van der Waals surface area contributed by atoms with Gasteiger partial charge in [0, 0.05) is 26.7 Å². The lowest BCUT2D eigenvalue weighted by Gasteiger charge is -2.21.